The lowest BCUT2D eigenvalue weighted by molar-refractivity contribution is -0.106. The van der Waals surface area contributed by atoms with Crippen LogP contribution in [0.3, 0.4) is 0 Å². The predicted molar refractivity (Wildman–Crippen MR) is 56.4 cm³/mol. The van der Waals surface area contributed by atoms with Gasteiger partial charge in [0.25, 0.3) is 0 Å². The average Bonchev–Trinajstić information content (AvgIpc) is 1.94. The summed E-state index contributed by atoms with van der Waals surface area (Å²) in [6.45, 7) is 0. The van der Waals surface area contributed by atoms with E-state index in [4.69, 9.17) is 11.1 Å². The minimum absolute atomic E-state index is 0.458. The molecule has 0 spiro atoms. The Labute approximate surface area is 86.2 Å². The van der Waals surface area contributed by atoms with E-state index in [1.165, 1.54) is 0 Å². The van der Waals surface area contributed by atoms with Crippen molar-refractivity contribution < 1.29 is 5.41 Å². The molecule has 0 amide bonds. The molecular weight excluding hydrogens is 321 g/mol. The van der Waals surface area contributed by atoms with Crippen LogP contribution >= 0.6 is 38.5 Å². The Kier molecular flexibility index (Phi) is 2.83. The van der Waals surface area contributed by atoms with Crippen molar-refractivity contribution in [1.82, 2.24) is 4.98 Å². The van der Waals surface area contributed by atoms with E-state index in [1.54, 1.807) is 6.20 Å². The number of nitrogens with zero attached hydrogens (tertiary/aromatic N) is 1. The van der Waals surface area contributed by atoms with E-state index in [2.05, 4.69) is 20.9 Å². The van der Waals surface area contributed by atoms with Crippen molar-refractivity contribution in [3.05, 3.63) is 22.3 Å². The number of pyridine rings is 1. The van der Waals surface area contributed by atoms with Crippen molar-refractivity contribution in [2.75, 3.05) is 5.73 Å². The molecule has 3 nitrogen and oxygen atoms in total. The normalized spacial score (nSPS) is 9.64. The fourth-order valence-corrected chi connectivity index (χ4v) is 1.40. The quantitative estimate of drug-likeness (QED) is 0.578. The Hall–Kier alpha value is -0.170. The summed E-state index contributed by atoms with van der Waals surface area (Å²) >= 11 is 5.28. The van der Waals surface area contributed by atoms with E-state index in [0.717, 1.165) is 10.0 Å². The minimum atomic E-state index is 0.458. The van der Waals surface area contributed by atoms with Crippen molar-refractivity contribution >= 4 is 48.1 Å². The first-order valence-corrected chi connectivity index (χ1v) is 4.67. The van der Waals surface area contributed by atoms with Gasteiger partial charge in [-0.25, -0.2) is 10.4 Å². The molecule has 0 saturated heterocycles. The standard InChI is InChI=1S/C6H5BrIN3/c7-3-1-4(5(8)9)6(10)11-2-3/h1-2,9H,(H2,10,11)/p+1. The molecule has 0 unspecified atom stereocenters. The molecule has 0 fully saturated rings. The van der Waals surface area contributed by atoms with Crippen molar-refractivity contribution in [3.8, 4) is 0 Å². The number of rotatable bonds is 1. The number of nitrogen functional groups attached to an aromatic ring is 1. The van der Waals surface area contributed by atoms with Crippen molar-refractivity contribution in [1.29, 1.82) is 0 Å². The molecule has 11 heavy (non-hydrogen) atoms. The minimum Gasteiger partial charge on any atom is -0.383 e. The van der Waals surface area contributed by atoms with Crippen molar-refractivity contribution in [2.45, 2.75) is 0 Å². The maximum absolute atomic E-state index is 5.55. The number of halogens is 2. The number of hydrogen-bond acceptors (Lipinski definition) is 2. The second-order valence-electron chi connectivity index (χ2n) is 1.93. The molecule has 0 atom stereocenters. The summed E-state index contributed by atoms with van der Waals surface area (Å²) in [5.74, 6) is 0.458. The lowest BCUT2D eigenvalue weighted by atomic mass is 10.3. The third kappa shape index (κ3) is 2.13. The highest BCUT2D eigenvalue weighted by Crippen LogP contribution is 2.16. The molecule has 1 aromatic heterocycles. The summed E-state index contributed by atoms with van der Waals surface area (Å²) in [4.78, 5) is 3.93. The Bertz CT molecular complexity index is 300. The van der Waals surface area contributed by atoms with Crippen molar-refractivity contribution in [3.63, 3.8) is 0 Å². The van der Waals surface area contributed by atoms with Crippen LogP contribution in [-0.4, -0.2) is 8.70 Å². The fourth-order valence-electron chi connectivity index (χ4n) is 0.641. The summed E-state index contributed by atoms with van der Waals surface area (Å²) in [5, 5.41) is 5.55. The molecule has 1 aromatic rings. The van der Waals surface area contributed by atoms with Crippen LogP contribution in [0.15, 0.2) is 16.7 Å². The van der Waals surface area contributed by atoms with Crippen LogP contribution < -0.4 is 11.1 Å². The van der Waals surface area contributed by atoms with E-state index in [0.29, 0.717) is 9.54 Å². The van der Waals surface area contributed by atoms with E-state index in [1.807, 2.05) is 28.7 Å². The zero-order valence-electron chi connectivity index (χ0n) is 5.51. The zero-order valence-corrected chi connectivity index (χ0v) is 9.26. The Balaban J connectivity index is 3.23. The molecule has 0 aliphatic heterocycles. The van der Waals surface area contributed by atoms with E-state index in [-0.39, 0.29) is 0 Å². The highest BCUT2D eigenvalue weighted by atomic mass is 127. The maximum Gasteiger partial charge on any atom is 0.243 e. The predicted octanol–water partition coefficient (Wildman–Crippen LogP) is 0.367. The van der Waals surface area contributed by atoms with Crippen LogP contribution in [0, 0.1) is 0 Å². The number of anilines is 1. The van der Waals surface area contributed by atoms with Gasteiger partial charge in [-0.3, -0.25) is 0 Å². The van der Waals surface area contributed by atoms with E-state index >= 15 is 0 Å². The Morgan fingerprint density at radius 3 is 2.82 bits per heavy atom. The molecule has 58 valence electrons. The van der Waals surface area contributed by atoms with Gasteiger partial charge in [-0.15, -0.1) is 0 Å². The van der Waals surface area contributed by atoms with Crippen LogP contribution in [0.25, 0.3) is 0 Å². The average molecular weight is 327 g/mol. The number of hydrogen-bond donors (Lipinski definition) is 2. The van der Waals surface area contributed by atoms with Gasteiger partial charge in [0.2, 0.25) is 3.72 Å². The summed E-state index contributed by atoms with van der Waals surface area (Å²) in [7, 11) is 0. The van der Waals surface area contributed by atoms with Gasteiger partial charge in [-0.1, -0.05) is 0 Å². The smallest absolute Gasteiger partial charge is 0.243 e. The highest BCUT2D eigenvalue weighted by Gasteiger charge is 2.08. The molecule has 0 aliphatic rings. The number of nitrogens with two attached hydrogens (primary N) is 2. The lowest BCUT2D eigenvalue weighted by Crippen LogP contribution is -2.36. The first-order valence-electron chi connectivity index (χ1n) is 2.80. The van der Waals surface area contributed by atoms with Gasteiger partial charge < -0.3 is 5.73 Å². The van der Waals surface area contributed by atoms with Crippen LogP contribution in [0.5, 0.6) is 0 Å². The molecule has 4 N–H and O–H groups in total. The summed E-state index contributed by atoms with van der Waals surface area (Å²) in [6, 6.07) is 1.84. The maximum atomic E-state index is 5.55. The van der Waals surface area contributed by atoms with Crippen molar-refractivity contribution in [2.24, 2.45) is 0 Å². The SMILES string of the molecule is Nc1ncc(Br)cc1C(=[NH2+])I. The van der Waals surface area contributed by atoms with Gasteiger partial charge in [0, 0.05) is 33.3 Å². The molecule has 0 radical (unpaired) electrons. The fraction of sp³-hybridized carbons (Fsp3) is 0. The largest absolute Gasteiger partial charge is 0.383 e. The zero-order chi connectivity index (χ0) is 8.43. The summed E-state index contributed by atoms with van der Waals surface area (Å²) < 4.78 is 1.52. The summed E-state index contributed by atoms with van der Waals surface area (Å²) in [6.07, 6.45) is 1.64. The molecule has 0 aromatic carbocycles. The Morgan fingerprint density at radius 1 is 1.73 bits per heavy atom. The summed E-state index contributed by atoms with van der Waals surface area (Å²) in [5.41, 5.74) is 6.33. The third-order valence-corrected chi connectivity index (χ3v) is 2.16. The van der Waals surface area contributed by atoms with E-state index < -0.39 is 0 Å². The van der Waals surface area contributed by atoms with Gasteiger partial charge in [0.1, 0.15) is 5.82 Å². The van der Waals surface area contributed by atoms with Crippen LogP contribution in [0.4, 0.5) is 5.82 Å². The third-order valence-electron chi connectivity index (χ3n) is 1.14. The molecule has 1 rings (SSSR count). The van der Waals surface area contributed by atoms with Gasteiger partial charge in [0.05, 0.1) is 5.56 Å². The first kappa shape index (κ1) is 8.92. The molecule has 0 aliphatic carbocycles. The van der Waals surface area contributed by atoms with Gasteiger partial charge >= 0.3 is 0 Å². The molecule has 0 bridgehead atoms. The molecular formula is C6H6BrIN3+. The molecule has 0 saturated carbocycles. The van der Waals surface area contributed by atoms with E-state index in [9.17, 15) is 0 Å². The second kappa shape index (κ2) is 3.48. The lowest BCUT2D eigenvalue weighted by Gasteiger charge is -1.97. The second-order valence-corrected chi connectivity index (χ2v) is 4.01. The van der Waals surface area contributed by atoms with Crippen LogP contribution in [0.2, 0.25) is 0 Å². The monoisotopic (exact) mass is 326 g/mol. The first-order chi connectivity index (χ1) is 5.11. The Morgan fingerprint density at radius 2 is 2.36 bits per heavy atom. The highest BCUT2D eigenvalue weighted by molar-refractivity contribution is 14.1. The van der Waals surface area contributed by atoms with Gasteiger partial charge in [0.15, 0.2) is 0 Å². The van der Waals surface area contributed by atoms with Gasteiger partial charge in [-0.05, 0) is 22.0 Å². The molecule has 1 heterocycles. The topological polar surface area (TPSA) is 64.5 Å². The van der Waals surface area contributed by atoms with Gasteiger partial charge in [-0.2, -0.15) is 0 Å². The van der Waals surface area contributed by atoms with Crippen LogP contribution in [0.1, 0.15) is 5.56 Å². The van der Waals surface area contributed by atoms with Crippen LogP contribution in [-0.2, 0) is 0 Å². The number of aromatic nitrogens is 1. The molecule has 5 heteroatoms.